The fourth-order valence-corrected chi connectivity index (χ4v) is 11.0. The predicted molar refractivity (Wildman–Crippen MR) is 236 cm³/mol. The largest absolute Gasteiger partial charge is 0.446 e. The van der Waals surface area contributed by atoms with Crippen molar-refractivity contribution in [2.24, 2.45) is 40.4 Å². The van der Waals surface area contributed by atoms with E-state index >= 15 is 0 Å². The molecule has 1 saturated heterocycles. The number of alkyl carbamates (subject to hydrolysis) is 1. The number of amides is 2. The highest BCUT2D eigenvalue weighted by Gasteiger charge is 2.54. The zero-order valence-corrected chi connectivity index (χ0v) is 39.0. The maximum absolute atomic E-state index is 12.7. The SMILES string of the molecule is CC=C1CC(OC(=O)NCCCOCCOCCOCCNC(=O)CCCCOC2OC(C)C(O)C(O)C2O)CCC1(C)C1CCC2(C)C(CCC2C(C)CCCC(C)C)C1. The van der Waals surface area contributed by atoms with Crippen molar-refractivity contribution >= 4 is 12.0 Å². The van der Waals surface area contributed by atoms with Gasteiger partial charge in [-0.2, -0.15) is 0 Å². The summed E-state index contributed by atoms with van der Waals surface area (Å²) in [6.45, 7) is 19.9. The predicted octanol–water partition coefficient (Wildman–Crippen LogP) is 7.08. The van der Waals surface area contributed by atoms with Crippen LogP contribution in [-0.2, 0) is 33.2 Å². The Bertz CT molecular complexity index is 1320. The van der Waals surface area contributed by atoms with Crippen LogP contribution in [0.3, 0.4) is 0 Å². The van der Waals surface area contributed by atoms with Gasteiger partial charge in [-0.3, -0.25) is 4.79 Å². The standard InChI is InChI=1S/C48H86N2O11/c1-8-36-32-39(19-21-47(36,6)38-18-20-48(7)37(31-38)16-17-40(48)34(4)14-11-13-33(2)3)61-46(55)50-22-12-24-56-27-29-58-30-28-57-26-23-49-41(51)15-9-10-25-59-45-44(54)43(53)42(52)35(5)60-45/h8,33-35,37-40,42-45,52-54H,9-32H2,1-7H3,(H,49,51)(H,50,55). The molecule has 0 bridgehead atoms. The van der Waals surface area contributed by atoms with Crippen LogP contribution >= 0.6 is 0 Å². The molecule has 13 heteroatoms. The first-order chi connectivity index (χ1) is 29.2. The maximum Gasteiger partial charge on any atom is 0.407 e. The van der Waals surface area contributed by atoms with Crippen molar-refractivity contribution in [3.05, 3.63) is 11.6 Å². The molecule has 13 nitrogen and oxygen atoms in total. The van der Waals surface area contributed by atoms with Crippen molar-refractivity contribution in [2.45, 2.75) is 182 Å². The van der Waals surface area contributed by atoms with E-state index in [1.807, 2.05) is 0 Å². The second-order valence-electron chi connectivity index (χ2n) is 19.6. The van der Waals surface area contributed by atoms with E-state index in [0.717, 1.165) is 42.9 Å². The molecule has 12 unspecified atom stereocenters. The van der Waals surface area contributed by atoms with Gasteiger partial charge in [0.1, 0.15) is 24.4 Å². The van der Waals surface area contributed by atoms with Gasteiger partial charge in [-0.05, 0) is 118 Å². The number of hydrogen-bond donors (Lipinski definition) is 5. The number of carbonyl (C=O) groups is 2. The Morgan fingerprint density at radius 3 is 2.23 bits per heavy atom. The van der Waals surface area contributed by atoms with Gasteiger partial charge < -0.3 is 54.4 Å². The number of nitrogens with one attached hydrogen (secondary N) is 2. The number of ether oxygens (including phenoxy) is 6. The molecule has 12 atom stereocenters. The molecule has 4 aliphatic rings. The highest BCUT2D eigenvalue weighted by Crippen LogP contribution is 2.63. The number of aliphatic hydroxyl groups is 3. The van der Waals surface area contributed by atoms with Crippen molar-refractivity contribution in [3.63, 3.8) is 0 Å². The minimum Gasteiger partial charge on any atom is -0.446 e. The first kappa shape index (κ1) is 51.8. The molecule has 0 aromatic rings. The van der Waals surface area contributed by atoms with Crippen molar-refractivity contribution in [1.29, 1.82) is 0 Å². The van der Waals surface area contributed by atoms with E-state index < -0.39 is 30.7 Å². The third kappa shape index (κ3) is 15.7. The molecule has 2 amide bonds. The average Bonchev–Trinajstić information content (AvgIpc) is 3.58. The lowest BCUT2D eigenvalue weighted by Gasteiger charge is -2.52. The van der Waals surface area contributed by atoms with Crippen LogP contribution in [0, 0.1) is 40.4 Å². The minimum atomic E-state index is -1.33. The lowest BCUT2D eigenvalue weighted by molar-refractivity contribution is -0.293. The summed E-state index contributed by atoms with van der Waals surface area (Å²) in [5.74, 6) is 3.98. The van der Waals surface area contributed by atoms with Crippen LogP contribution in [0.5, 0.6) is 0 Å². The highest BCUT2D eigenvalue weighted by atomic mass is 16.7. The van der Waals surface area contributed by atoms with Gasteiger partial charge in [0.15, 0.2) is 6.29 Å². The van der Waals surface area contributed by atoms with E-state index in [0.29, 0.717) is 89.7 Å². The van der Waals surface area contributed by atoms with Gasteiger partial charge in [-0.15, -0.1) is 0 Å². The van der Waals surface area contributed by atoms with Gasteiger partial charge in [-0.25, -0.2) is 4.79 Å². The molecular weight excluding hydrogens is 781 g/mol. The van der Waals surface area contributed by atoms with Crippen LogP contribution in [0.2, 0.25) is 0 Å². The molecule has 0 spiro atoms. The molecule has 61 heavy (non-hydrogen) atoms. The van der Waals surface area contributed by atoms with Crippen LogP contribution < -0.4 is 10.6 Å². The molecular formula is C48H86N2O11. The first-order valence-electron chi connectivity index (χ1n) is 24.1. The summed E-state index contributed by atoms with van der Waals surface area (Å²) in [6, 6.07) is 0. The highest BCUT2D eigenvalue weighted by molar-refractivity contribution is 5.75. The van der Waals surface area contributed by atoms with Gasteiger partial charge in [0.2, 0.25) is 5.91 Å². The lowest BCUT2D eigenvalue weighted by atomic mass is 9.53. The third-order valence-corrected chi connectivity index (χ3v) is 15.0. The van der Waals surface area contributed by atoms with E-state index in [2.05, 4.69) is 58.3 Å². The Kier molecular flexibility index (Phi) is 22.2. The average molecular weight is 867 g/mol. The summed E-state index contributed by atoms with van der Waals surface area (Å²) in [6.07, 6.45) is 12.4. The maximum atomic E-state index is 12.7. The molecule has 3 aliphatic carbocycles. The molecule has 354 valence electrons. The quantitative estimate of drug-likeness (QED) is 0.0444. The monoisotopic (exact) mass is 867 g/mol. The van der Waals surface area contributed by atoms with E-state index in [1.165, 1.54) is 56.9 Å². The third-order valence-electron chi connectivity index (χ3n) is 15.0. The van der Waals surface area contributed by atoms with Gasteiger partial charge in [0, 0.05) is 39.1 Å². The molecule has 0 aromatic carbocycles. The Hall–Kier alpha value is -1.84. The number of rotatable bonds is 26. The van der Waals surface area contributed by atoms with Crippen molar-refractivity contribution < 1.29 is 53.3 Å². The van der Waals surface area contributed by atoms with Gasteiger partial charge in [0.05, 0.1) is 39.1 Å². The van der Waals surface area contributed by atoms with Gasteiger partial charge in [-0.1, -0.05) is 65.5 Å². The second kappa shape index (κ2) is 26.2. The summed E-state index contributed by atoms with van der Waals surface area (Å²) in [7, 11) is 0. The summed E-state index contributed by atoms with van der Waals surface area (Å²) < 4.78 is 33.6. The van der Waals surface area contributed by atoms with Gasteiger partial charge in [0.25, 0.3) is 0 Å². The number of fused-ring (bicyclic) bond motifs is 1. The van der Waals surface area contributed by atoms with E-state index in [1.54, 1.807) is 6.92 Å². The van der Waals surface area contributed by atoms with Gasteiger partial charge >= 0.3 is 6.09 Å². The molecule has 4 fully saturated rings. The topological polar surface area (TPSA) is 174 Å². The van der Waals surface area contributed by atoms with Crippen LogP contribution in [0.15, 0.2) is 11.6 Å². The van der Waals surface area contributed by atoms with Crippen molar-refractivity contribution in [1.82, 2.24) is 10.6 Å². The van der Waals surface area contributed by atoms with Crippen LogP contribution in [0.1, 0.15) is 145 Å². The fraction of sp³-hybridized carbons (Fsp3) is 0.917. The number of hydrogen-bond acceptors (Lipinski definition) is 11. The summed E-state index contributed by atoms with van der Waals surface area (Å²) in [5.41, 5.74) is 2.17. The zero-order valence-electron chi connectivity index (χ0n) is 39.0. The first-order valence-corrected chi connectivity index (χ1v) is 24.1. The van der Waals surface area contributed by atoms with Crippen molar-refractivity contribution in [3.8, 4) is 0 Å². The Labute approximate surface area is 368 Å². The van der Waals surface area contributed by atoms with E-state index in [4.69, 9.17) is 28.4 Å². The zero-order chi connectivity index (χ0) is 44.4. The Morgan fingerprint density at radius 2 is 1.51 bits per heavy atom. The molecule has 0 radical (unpaired) electrons. The summed E-state index contributed by atoms with van der Waals surface area (Å²) in [4.78, 5) is 24.8. The smallest absolute Gasteiger partial charge is 0.407 e. The lowest BCUT2D eigenvalue weighted by Crippen LogP contribution is -2.57. The number of unbranched alkanes of at least 4 members (excludes halogenated alkanes) is 1. The number of allylic oxidation sites excluding steroid dienone is 1. The number of aliphatic hydroxyl groups excluding tert-OH is 3. The molecule has 1 heterocycles. The Morgan fingerprint density at radius 1 is 0.787 bits per heavy atom. The van der Waals surface area contributed by atoms with Crippen LogP contribution in [0.25, 0.3) is 0 Å². The molecule has 5 N–H and O–H groups in total. The van der Waals surface area contributed by atoms with Crippen LogP contribution in [-0.4, -0.2) is 123 Å². The normalized spacial score (nSPS) is 34.0. The molecule has 1 aliphatic heterocycles. The molecule has 4 rings (SSSR count). The summed E-state index contributed by atoms with van der Waals surface area (Å²) >= 11 is 0. The van der Waals surface area contributed by atoms with Crippen molar-refractivity contribution in [2.75, 3.05) is 59.3 Å². The summed E-state index contributed by atoms with van der Waals surface area (Å²) in [5, 5.41) is 35.3. The molecule has 0 aromatic heterocycles. The molecule has 3 saturated carbocycles. The van der Waals surface area contributed by atoms with E-state index in [-0.39, 0.29) is 30.1 Å². The second-order valence-corrected chi connectivity index (χ2v) is 19.6. The van der Waals surface area contributed by atoms with E-state index in [9.17, 15) is 24.9 Å². The minimum absolute atomic E-state index is 0.0752. The Balaban J connectivity index is 0.951. The van der Waals surface area contributed by atoms with Crippen LogP contribution in [0.4, 0.5) is 4.79 Å². The number of carbonyl (C=O) groups excluding carboxylic acids is 2. The fourth-order valence-electron chi connectivity index (χ4n) is 11.0.